The number of fused-ring (bicyclic) bond motifs is 8. The molecule has 0 spiro atoms. The van der Waals surface area contributed by atoms with Gasteiger partial charge in [0.25, 0.3) is 0 Å². The van der Waals surface area contributed by atoms with Crippen molar-refractivity contribution in [2.45, 2.75) is 0 Å². The fraction of sp³-hybridized carbons (Fsp3) is 0. The second kappa shape index (κ2) is 8.18. The van der Waals surface area contributed by atoms with Crippen LogP contribution in [-0.4, -0.2) is 19.5 Å². The van der Waals surface area contributed by atoms with Gasteiger partial charge in [0, 0.05) is 42.7 Å². The van der Waals surface area contributed by atoms with Crippen molar-refractivity contribution in [1.82, 2.24) is 19.5 Å². The molecule has 4 nitrogen and oxygen atoms in total. The molecule has 0 saturated heterocycles. The van der Waals surface area contributed by atoms with Gasteiger partial charge in [-0.15, -0.1) is 11.3 Å². The predicted molar refractivity (Wildman–Crippen MR) is 168 cm³/mol. The summed E-state index contributed by atoms with van der Waals surface area (Å²) < 4.78 is 4.80. The van der Waals surface area contributed by atoms with Crippen LogP contribution in [0.25, 0.3) is 81.0 Å². The monoisotopic (exact) mass is 528 g/mol. The number of hydrogen-bond donors (Lipinski definition) is 0. The molecule has 0 saturated carbocycles. The first-order chi connectivity index (χ1) is 19.8. The molecule has 40 heavy (non-hydrogen) atoms. The fourth-order valence-corrected chi connectivity index (χ4v) is 7.14. The topological polar surface area (TPSA) is 43.6 Å². The summed E-state index contributed by atoms with van der Waals surface area (Å²) in [6, 6.07) is 40.8. The van der Waals surface area contributed by atoms with Gasteiger partial charge in [0.1, 0.15) is 0 Å². The molecule has 0 radical (unpaired) electrons. The van der Waals surface area contributed by atoms with Gasteiger partial charge >= 0.3 is 0 Å². The Labute approximate surface area is 232 Å². The largest absolute Gasteiger partial charge is 0.293 e. The van der Waals surface area contributed by atoms with Gasteiger partial charge < -0.3 is 0 Å². The van der Waals surface area contributed by atoms with Gasteiger partial charge in [0.15, 0.2) is 17.3 Å². The molecule has 5 heteroatoms. The van der Waals surface area contributed by atoms with Crippen LogP contribution in [0.3, 0.4) is 0 Å². The van der Waals surface area contributed by atoms with Gasteiger partial charge in [0.05, 0.1) is 16.4 Å². The van der Waals surface area contributed by atoms with Crippen molar-refractivity contribution in [3.63, 3.8) is 0 Å². The van der Waals surface area contributed by atoms with Crippen LogP contribution in [0.1, 0.15) is 0 Å². The van der Waals surface area contributed by atoms with Crippen molar-refractivity contribution in [3.8, 4) is 17.2 Å². The highest BCUT2D eigenvalue weighted by Gasteiger charge is 2.19. The smallest absolute Gasteiger partial charge is 0.165 e. The van der Waals surface area contributed by atoms with E-state index >= 15 is 0 Å². The molecule has 186 valence electrons. The van der Waals surface area contributed by atoms with Gasteiger partial charge in [-0.1, -0.05) is 72.8 Å². The van der Waals surface area contributed by atoms with Crippen molar-refractivity contribution in [3.05, 3.63) is 121 Å². The Morgan fingerprint density at radius 1 is 0.525 bits per heavy atom. The summed E-state index contributed by atoms with van der Waals surface area (Å²) >= 11 is 1.80. The van der Waals surface area contributed by atoms with Crippen molar-refractivity contribution in [2.75, 3.05) is 0 Å². The number of rotatable bonds is 2. The number of para-hydroxylation sites is 1. The molecule has 0 aliphatic heterocycles. The molecule has 4 aromatic heterocycles. The van der Waals surface area contributed by atoms with Crippen LogP contribution in [-0.2, 0) is 0 Å². The van der Waals surface area contributed by atoms with Gasteiger partial charge in [-0.25, -0.2) is 15.0 Å². The molecule has 0 amide bonds. The Morgan fingerprint density at radius 2 is 1.27 bits per heavy atom. The lowest BCUT2D eigenvalue weighted by atomic mass is 10.1. The van der Waals surface area contributed by atoms with Crippen LogP contribution in [0.4, 0.5) is 0 Å². The third-order valence-corrected chi connectivity index (χ3v) is 8.97. The molecular weight excluding hydrogens is 508 g/mol. The molecule has 0 N–H and O–H groups in total. The van der Waals surface area contributed by atoms with E-state index in [2.05, 4.69) is 119 Å². The quantitative estimate of drug-likeness (QED) is 0.225. The maximum atomic E-state index is 5.27. The van der Waals surface area contributed by atoms with E-state index in [1.54, 1.807) is 17.5 Å². The van der Waals surface area contributed by atoms with Gasteiger partial charge in [-0.2, -0.15) is 0 Å². The summed E-state index contributed by atoms with van der Waals surface area (Å²) in [7, 11) is 0. The fourth-order valence-electron chi connectivity index (χ4n) is 5.99. The highest BCUT2D eigenvalue weighted by Crippen LogP contribution is 2.38. The van der Waals surface area contributed by atoms with E-state index in [9.17, 15) is 0 Å². The number of aromatic nitrogens is 4. The van der Waals surface area contributed by atoms with E-state index in [0.717, 1.165) is 27.8 Å². The zero-order valence-electron chi connectivity index (χ0n) is 21.2. The molecule has 4 heterocycles. The van der Waals surface area contributed by atoms with Gasteiger partial charge in [-0.3, -0.25) is 4.57 Å². The summed E-state index contributed by atoms with van der Waals surface area (Å²) in [5, 5.41) is 8.30. The summed E-state index contributed by atoms with van der Waals surface area (Å²) in [6.07, 6.45) is 1.80. The first-order valence-corrected chi connectivity index (χ1v) is 14.1. The standard InChI is InChI=1S/C35H20N4S/c1-2-9-22-19-30-28(18-21(22)8-1)24-10-3-5-13-29(24)39(30)35-27-12-7-17-36-34(27)37-33(38-35)23-15-16-26-25-11-4-6-14-31(25)40-32(26)20-23/h1-20H. The van der Waals surface area contributed by atoms with Crippen molar-refractivity contribution >= 4 is 75.1 Å². The van der Waals surface area contributed by atoms with Crippen LogP contribution < -0.4 is 0 Å². The molecule has 0 aliphatic carbocycles. The Hall–Kier alpha value is -5.13. The second-order valence-electron chi connectivity index (χ2n) is 10.1. The number of nitrogens with zero attached hydrogens (tertiary/aromatic N) is 4. The van der Waals surface area contributed by atoms with E-state index in [0.29, 0.717) is 11.5 Å². The van der Waals surface area contributed by atoms with Crippen LogP contribution >= 0.6 is 11.3 Å². The van der Waals surface area contributed by atoms with E-state index in [1.807, 2.05) is 6.07 Å². The maximum absolute atomic E-state index is 5.27. The normalized spacial score (nSPS) is 12.0. The summed E-state index contributed by atoms with van der Waals surface area (Å²) in [5.74, 6) is 1.51. The first-order valence-electron chi connectivity index (χ1n) is 13.3. The molecule has 9 rings (SSSR count). The highest BCUT2D eigenvalue weighted by molar-refractivity contribution is 7.25. The molecule has 9 aromatic rings. The third kappa shape index (κ3) is 3.09. The lowest BCUT2D eigenvalue weighted by Gasteiger charge is -2.12. The minimum atomic E-state index is 0.673. The Balaban J connectivity index is 1.37. The van der Waals surface area contributed by atoms with E-state index in [-0.39, 0.29) is 0 Å². The zero-order chi connectivity index (χ0) is 26.2. The molecule has 0 fully saturated rings. The maximum Gasteiger partial charge on any atom is 0.165 e. The third-order valence-electron chi connectivity index (χ3n) is 7.84. The van der Waals surface area contributed by atoms with Crippen molar-refractivity contribution < 1.29 is 0 Å². The Bertz CT molecular complexity index is 2450. The van der Waals surface area contributed by atoms with Crippen LogP contribution in [0.5, 0.6) is 0 Å². The Morgan fingerprint density at radius 3 is 2.20 bits per heavy atom. The Kier molecular flexibility index (Phi) is 4.45. The lowest BCUT2D eigenvalue weighted by molar-refractivity contribution is 1.07. The van der Waals surface area contributed by atoms with Gasteiger partial charge in [-0.05, 0) is 53.2 Å². The number of pyridine rings is 1. The van der Waals surface area contributed by atoms with Crippen LogP contribution in [0, 0.1) is 0 Å². The average Bonchev–Trinajstić information content (AvgIpc) is 3.54. The minimum absolute atomic E-state index is 0.673. The van der Waals surface area contributed by atoms with E-state index in [4.69, 9.17) is 9.97 Å². The van der Waals surface area contributed by atoms with Crippen molar-refractivity contribution in [2.24, 2.45) is 0 Å². The number of thiophene rings is 1. The zero-order valence-corrected chi connectivity index (χ0v) is 22.1. The summed E-state index contributed by atoms with van der Waals surface area (Å²) in [6.45, 7) is 0. The first kappa shape index (κ1) is 21.8. The molecule has 5 aromatic carbocycles. The predicted octanol–water partition coefficient (Wildman–Crippen LogP) is 9.31. The average molecular weight is 529 g/mol. The molecule has 0 aliphatic rings. The van der Waals surface area contributed by atoms with Crippen molar-refractivity contribution in [1.29, 1.82) is 0 Å². The summed E-state index contributed by atoms with van der Waals surface area (Å²) in [4.78, 5) is 14.9. The molecule has 0 atom stereocenters. The lowest BCUT2D eigenvalue weighted by Crippen LogP contribution is -2.03. The molecule has 0 unspecified atom stereocenters. The molecule has 0 bridgehead atoms. The van der Waals surface area contributed by atoms with Crippen LogP contribution in [0.15, 0.2) is 121 Å². The minimum Gasteiger partial charge on any atom is -0.293 e. The van der Waals surface area contributed by atoms with E-state index in [1.165, 1.54) is 41.7 Å². The van der Waals surface area contributed by atoms with Gasteiger partial charge in [0.2, 0.25) is 0 Å². The summed E-state index contributed by atoms with van der Waals surface area (Å²) in [5.41, 5.74) is 3.90. The highest BCUT2D eigenvalue weighted by atomic mass is 32.1. The van der Waals surface area contributed by atoms with E-state index < -0.39 is 0 Å². The number of hydrogen-bond acceptors (Lipinski definition) is 4. The second-order valence-corrected chi connectivity index (χ2v) is 11.2. The van der Waals surface area contributed by atoms with Crippen LogP contribution in [0.2, 0.25) is 0 Å². The SMILES string of the molecule is c1ccc2cc3c(cc2c1)c1ccccc1n3-c1nc(-c2ccc3c(c2)sc2ccccc23)nc2ncccc12. The number of benzene rings is 5. The molecular formula is C35H20N4S.